The largest absolute Gasteiger partial charge is 0.492 e. The number of fused-ring (bicyclic) bond motifs is 1. The molecule has 4 nitrogen and oxygen atoms in total. The predicted octanol–water partition coefficient (Wildman–Crippen LogP) is 3.65. The molecule has 0 radical (unpaired) electrons. The number of ether oxygens (including phenoxy) is 1. The van der Waals surface area contributed by atoms with E-state index in [1.807, 2.05) is 35.2 Å². The van der Waals surface area contributed by atoms with Gasteiger partial charge in [0.2, 0.25) is 5.91 Å². The van der Waals surface area contributed by atoms with E-state index in [9.17, 15) is 4.79 Å². The fourth-order valence-electron chi connectivity index (χ4n) is 3.72. The molecule has 1 aromatic carbocycles. The lowest BCUT2D eigenvalue weighted by molar-refractivity contribution is -0.137. The Morgan fingerprint density at radius 2 is 2.08 bits per heavy atom. The molecule has 2 aliphatic rings. The SMILES string of the molecule is O=C([C@@H]1COc2ccc(Cl)cc2C1)N1CCC[C@@H]1c1ccncc1. The third-order valence-electron chi connectivity index (χ3n) is 4.90. The lowest BCUT2D eigenvalue weighted by Crippen LogP contribution is -2.40. The Morgan fingerprint density at radius 3 is 2.92 bits per heavy atom. The minimum Gasteiger partial charge on any atom is -0.492 e. The van der Waals surface area contributed by atoms with Gasteiger partial charge in [-0.05, 0) is 60.7 Å². The van der Waals surface area contributed by atoms with E-state index in [0.29, 0.717) is 18.1 Å². The highest BCUT2D eigenvalue weighted by atomic mass is 35.5. The fourth-order valence-corrected chi connectivity index (χ4v) is 3.91. The summed E-state index contributed by atoms with van der Waals surface area (Å²) >= 11 is 6.08. The summed E-state index contributed by atoms with van der Waals surface area (Å²) in [6.07, 6.45) is 6.31. The Bertz CT molecular complexity index is 750. The molecule has 1 amide bonds. The van der Waals surface area contributed by atoms with E-state index in [1.54, 1.807) is 12.4 Å². The minimum atomic E-state index is -0.140. The van der Waals surface area contributed by atoms with Gasteiger partial charge in [0.25, 0.3) is 0 Å². The zero-order chi connectivity index (χ0) is 16.5. The quantitative estimate of drug-likeness (QED) is 0.836. The second-order valence-electron chi connectivity index (χ2n) is 6.43. The fraction of sp³-hybridized carbons (Fsp3) is 0.368. The highest BCUT2D eigenvalue weighted by molar-refractivity contribution is 6.30. The van der Waals surface area contributed by atoms with E-state index < -0.39 is 0 Å². The van der Waals surface area contributed by atoms with Crippen LogP contribution in [0.3, 0.4) is 0 Å². The normalized spacial score (nSPS) is 22.8. The van der Waals surface area contributed by atoms with Crippen LogP contribution in [0.5, 0.6) is 5.75 Å². The van der Waals surface area contributed by atoms with Crippen molar-refractivity contribution in [2.75, 3.05) is 13.2 Å². The first kappa shape index (κ1) is 15.5. The summed E-state index contributed by atoms with van der Waals surface area (Å²) in [5, 5.41) is 0.682. The number of hydrogen-bond acceptors (Lipinski definition) is 3. The molecule has 0 aliphatic carbocycles. The molecule has 5 heteroatoms. The summed E-state index contributed by atoms with van der Waals surface area (Å²) in [5.41, 5.74) is 2.18. The van der Waals surface area contributed by atoms with Crippen LogP contribution < -0.4 is 4.74 Å². The van der Waals surface area contributed by atoms with Gasteiger partial charge in [-0.2, -0.15) is 0 Å². The summed E-state index contributed by atoms with van der Waals surface area (Å²) in [4.78, 5) is 19.2. The van der Waals surface area contributed by atoms with Gasteiger partial charge in [0.15, 0.2) is 0 Å². The maximum absolute atomic E-state index is 13.1. The highest BCUT2D eigenvalue weighted by Crippen LogP contribution is 2.35. The van der Waals surface area contributed by atoms with Crippen LogP contribution >= 0.6 is 11.6 Å². The molecule has 1 aromatic heterocycles. The number of rotatable bonds is 2. The van der Waals surface area contributed by atoms with E-state index in [1.165, 1.54) is 0 Å². The number of carbonyl (C=O) groups excluding carboxylic acids is 1. The summed E-state index contributed by atoms with van der Waals surface area (Å²) in [5.74, 6) is 0.883. The van der Waals surface area contributed by atoms with Gasteiger partial charge in [-0.1, -0.05) is 11.6 Å². The highest BCUT2D eigenvalue weighted by Gasteiger charge is 2.36. The van der Waals surface area contributed by atoms with E-state index >= 15 is 0 Å². The molecule has 1 fully saturated rings. The smallest absolute Gasteiger partial charge is 0.229 e. The molecule has 2 atom stereocenters. The third kappa shape index (κ3) is 2.86. The number of carbonyl (C=O) groups is 1. The Hall–Kier alpha value is -2.07. The summed E-state index contributed by atoms with van der Waals surface area (Å²) in [6.45, 7) is 1.25. The van der Waals surface area contributed by atoms with Crippen LogP contribution in [0.4, 0.5) is 0 Å². The number of aromatic nitrogens is 1. The van der Waals surface area contributed by atoms with Gasteiger partial charge in [-0.25, -0.2) is 0 Å². The maximum atomic E-state index is 13.1. The van der Waals surface area contributed by atoms with Crippen molar-refractivity contribution in [2.24, 2.45) is 5.92 Å². The van der Waals surface area contributed by atoms with Crippen molar-refractivity contribution in [3.63, 3.8) is 0 Å². The molecule has 124 valence electrons. The van der Waals surface area contributed by atoms with E-state index in [-0.39, 0.29) is 17.9 Å². The molecule has 24 heavy (non-hydrogen) atoms. The van der Waals surface area contributed by atoms with Crippen LogP contribution in [0.25, 0.3) is 0 Å². The van der Waals surface area contributed by atoms with E-state index in [0.717, 1.165) is 36.3 Å². The number of halogens is 1. The zero-order valence-electron chi connectivity index (χ0n) is 13.3. The van der Waals surface area contributed by atoms with Crippen molar-refractivity contribution in [1.82, 2.24) is 9.88 Å². The molecule has 3 heterocycles. The Labute approximate surface area is 146 Å². The third-order valence-corrected chi connectivity index (χ3v) is 5.14. The van der Waals surface area contributed by atoms with Crippen LogP contribution in [-0.2, 0) is 11.2 Å². The Morgan fingerprint density at radius 1 is 1.25 bits per heavy atom. The molecule has 1 saturated heterocycles. The van der Waals surface area contributed by atoms with Crippen molar-refractivity contribution in [1.29, 1.82) is 0 Å². The van der Waals surface area contributed by atoms with Gasteiger partial charge in [0.1, 0.15) is 12.4 Å². The number of nitrogens with zero attached hydrogens (tertiary/aromatic N) is 2. The topological polar surface area (TPSA) is 42.4 Å². The van der Waals surface area contributed by atoms with Crippen LogP contribution in [0.2, 0.25) is 5.02 Å². The van der Waals surface area contributed by atoms with E-state index in [4.69, 9.17) is 16.3 Å². The van der Waals surface area contributed by atoms with Crippen LogP contribution in [0.1, 0.15) is 30.0 Å². The van der Waals surface area contributed by atoms with Crippen LogP contribution in [0, 0.1) is 5.92 Å². The molecule has 2 aromatic rings. The van der Waals surface area contributed by atoms with E-state index in [2.05, 4.69) is 4.98 Å². The standard InChI is InChI=1S/C19H19ClN2O2/c20-16-3-4-18-14(11-16)10-15(12-24-18)19(23)22-9-1-2-17(22)13-5-7-21-8-6-13/h3-8,11,15,17H,1-2,9-10,12H2/t15-,17+/m0/s1. The second-order valence-corrected chi connectivity index (χ2v) is 6.87. The Kier molecular flexibility index (Phi) is 4.15. The molecule has 0 bridgehead atoms. The van der Waals surface area contributed by atoms with Gasteiger partial charge in [-0.3, -0.25) is 9.78 Å². The lowest BCUT2D eigenvalue weighted by Gasteiger charge is -2.31. The number of amides is 1. The van der Waals surface area contributed by atoms with Crippen LogP contribution in [-0.4, -0.2) is 28.9 Å². The van der Waals surface area contributed by atoms with Crippen molar-refractivity contribution < 1.29 is 9.53 Å². The molecular formula is C19H19ClN2O2. The molecule has 0 spiro atoms. The molecular weight excluding hydrogens is 324 g/mol. The van der Waals surface area contributed by atoms with Gasteiger partial charge >= 0.3 is 0 Å². The lowest BCUT2D eigenvalue weighted by atomic mass is 9.94. The van der Waals surface area contributed by atoms with Crippen molar-refractivity contribution in [3.05, 3.63) is 58.9 Å². The number of hydrogen-bond donors (Lipinski definition) is 0. The average Bonchev–Trinajstić information content (AvgIpc) is 3.11. The molecule has 2 aliphatic heterocycles. The van der Waals surface area contributed by atoms with Gasteiger partial charge in [-0.15, -0.1) is 0 Å². The first-order valence-electron chi connectivity index (χ1n) is 8.34. The number of benzene rings is 1. The van der Waals surface area contributed by atoms with Crippen molar-refractivity contribution in [3.8, 4) is 5.75 Å². The molecule has 0 N–H and O–H groups in total. The Balaban J connectivity index is 1.53. The maximum Gasteiger partial charge on any atom is 0.229 e. The predicted molar refractivity (Wildman–Crippen MR) is 92.1 cm³/mol. The second kappa shape index (κ2) is 6.44. The molecule has 0 saturated carbocycles. The zero-order valence-corrected chi connectivity index (χ0v) is 14.1. The monoisotopic (exact) mass is 342 g/mol. The van der Waals surface area contributed by atoms with Gasteiger partial charge < -0.3 is 9.64 Å². The first-order valence-corrected chi connectivity index (χ1v) is 8.72. The summed E-state index contributed by atoms with van der Waals surface area (Å²) < 4.78 is 5.80. The summed E-state index contributed by atoms with van der Waals surface area (Å²) in [7, 11) is 0. The molecule has 4 rings (SSSR count). The van der Waals surface area contributed by atoms with Gasteiger partial charge in [0, 0.05) is 24.0 Å². The number of likely N-dealkylation sites (tertiary alicyclic amines) is 1. The van der Waals surface area contributed by atoms with Gasteiger partial charge in [0.05, 0.1) is 12.0 Å². The summed E-state index contributed by atoms with van der Waals surface area (Å²) in [6, 6.07) is 9.77. The van der Waals surface area contributed by atoms with Crippen LogP contribution in [0.15, 0.2) is 42.7 Å². The van der Waals surface area contributed by atoms with Crippen molar-refractivity contribution in [2.45, 2.75) is 25.3 Å². The number of pyridine rings is 1. The molecule has 0 unspecified atom stereocenters. The first-order chi connectivity index (χ1) is 11.7. The average molecular weight is 343 g/mol. The minimum absolute atomic E-state index is 0.140. The van der Waals surface area contributed by atoms with Crippen molar-refractivity contribution >= 4 is 17.5 Å².